The molecular weight excluding hydrogens is 442 g/mol. The van der Waals surface area contributed by atoms with E-state index in [1.165, 1.54) is 19.4 Å². The molecular formula is C22H27N7O5. The second-order valence-electron chi connectivity index (χ2n) is 7.86. The summed E-state index contributed by atoms with van der Waals surface area (Å²) < 4.78 is 0. The minimum Gasteiger partial charge on any atom is -0.480 e. The van der Waals surface area contributed by atoms with E-state index < -0.39 is 48.4 Å². The largest absolute Gasteiger partial charge is 0.480 e. The molecule has 0 bridgehead atoms. The molecule has 0 aliphatic carbocycles. The summed E-state index contributed by atoms with van der Waals surface area (Å²) in [5.74, 6) is -3.03. The van der Waals surface area contributed by atoms with Gasteiger partial charge in [0, 0.05) is 35.4 Å². The summed E-state index contributed by atoms with van der Waals surface area (Å²) in [5, 5.41) is 17.5. The summed E-state index contributed by atoms with van der Waals surface area (Å²) in [7, 11) is 0. The standard InChI is InChI=1S/C22H27N7O5/c1-12(28-21(32)16(23)6-13-8-25-17-5-3-2-4-15(13)17)20(31)26-10-19(30)29-18(22(33)34)7-14-9-24-11-27-14/h2-5,8-9,11-12,16,18,25H,6-7,10,23H2,1H3,(H,24,27)(H,26,31)(H,28,32)(H,29,30)(H,33,34). The molecule has 3 amide bonds. The van der Waals surface area contributed by atoms with Crippen LogP contribution in [-0.4, -0.2) is 68.4 Å². The van der Waals surface area contributed by atoms with Crippen LogP contribution in [-0.2, 0) is 32.0 Å². The second kappa shape index (κ2) is 11.1. The number of aliphatic carboxylic acids is 1. The molecule has 0 fully saturated rings. The van der Waals surface area contributed by atoms with Crippen LogP contribution in [0.25, 0.3) is 10.9 Å². The first-order chi connectivity index (χ1) is 16.2. The van der Waals surface area contributed by atoms with Gasteiger partial charge in [-0.3, -0.25) is 14.4 Å². The number of benzene rings is 1. The zero-order chi connectivity index (χ0) is 24.7. The van der Waals surface area contributed by atoms with Crippen molar-refractivity contribution in [3.8, 4) is 0 Å². The molecule has 1 aromatic carbocycles. The number of nitrogens with one attached hydrogen (secondary N) is 5. The van der Waals surface area contributed by atoms with Crippen molar-refractivity contribution in [1.29, 1.82) is 0 Å². The number of aromatic nitrogens is 3. The first-order valence-corrected chi connectivity index (χ1v) is 10.6. The fraction of sp³-hybridized carbons (Fsp3) is 0.318. The van der Waals surface area contributed by atoms with Crippen molar-refractivity contribution in [3.05, 3.63) is 54.2 Å². The number of hydrogen-bond acceptors (Lipinski definition) is 6. The number of nitrogens with zero attached hydrogens (tertiary/aromatic N) is 1. The highest BCUT2D eigenvalue weighted by molar-refractivity contribution is 5.93. The number of carboxylic acid groups (broad SMARTS) is 1. The Bertz CT molecular complexity index is 1160. The van der Waals surface area contributed by atoms with E-state index in [1.807, 2.05) is 24.3 Å². The third-order valence-electron chi connectivity index (χ3n) is 5.24. The van der Waals surface area contributed by atoms with E-state index in [4.69, 9.17) is 5.73 Å². The Morgan fingerprint density at radius 2 is 1.85 bits per heavy atom. The number of nitrogens with two attached hydrogens (primary N) is 1. The van der Waals surface area contributed by atoms with Crippen molar-refractivity contribution < 1.29 is 24.3 Å². The smallest absolute Gasteiger partial charge is 0.326 e. The summed E-state index contributed by atoms with van der Waals surface area (Å²) >= 11 is 0. The van der Waals surface area contributed by atoms with E-state index in [-0.39, 0.29) is 12.8 Å². The van der Waals surface area contributed by atoms with Gasteiger partial charge in [-0.15, -0.1) is 0 Å². The molecule has 3 rings (SSSR count). The van der Waals surface area contributed by atoms with E-state index in [9.17, 15) is 24.3 Å². The van der Waals surface area contributed by atoms with Crippen molar-refractivity contribution in [3.63, 3.8) is 0 Å². The molecule has 2 aromatic heterocycles. The third kappa shape index (κ3) is 6.42. The fourth-order valence-electron chi connectivity index (χ4n) is 3.40. The summed E-state index contributed by atoms with van der Waals surface area (Å²) in [6, 6.07) is 4.62. The highest BCUT2D eigenvalue weighted by Crippen LogP contribution is 2.18. The second-order valence-corrected chi connectivity index (χ2v) is 7.86. The van der Waals surface area contributed by atoms with Gasteiger partial charge in [0.1, 0.15) is 12.1 Å². The summed E-state index contributed by atoms with van der Waals surface area (Å²) in [4.78, 5) is 57.9. The summed E-state index contributed by atoms with van der Waals surface area (Å²) in [5.41, 5.74) is 8.38. The molecule has 0 aliphatic heterocycles. The minimum absolute atomic E-state index is 0.00972. The summed E-state index contributed by atoms with van der Waals surface area (Å²) in [6.07, 6.45) is 4.94. The SMILES string of the molecule is CC(NC(=O)C(N)Cc1c[nH]c2ccccc12)C(=O)NCC(=O)NC(Cc1cnc[nH]1)C(=O)O. The number of rotatable bonds is 11. The van der Waals surface area contributed by atoms with E-state index in [0.717, 1.165) is 16.5 Å². The number of amides is 3. The quantitative estimate of drug-likeness (QED) is 0.191. The maximum Gasteiger partial charge on any atom is 0.326 e. The molecule has 0 saturated heterocycles. The van der Waals surface area contributed by atoms with Crippen LogP contribution in [0.3, 0.4) is 0 Å². The van der Waals surface area contributed by atoms with E-state index in [1.54, 1.807) is 6.20 Å². The van der Waals surface area contributed by atoms with Gasteiger partial charge in [0.25, 0.3) is 0 Å². The van der Waals surface area contributed by atoms with Crippen molar-refractivity contribution in [2.24, 2.45) is 5.73 Å². The molecule has 0 saturated carbocycles. The first-order valence-electron chi connectivity index (χ1n) is 10.6. The van der Waals surface area contributed by atoms with Crippen LogP contribution >= 0.6 is 0 Å². The lowest BCUT2D eigenvalue weighted by molar-refractivity contribution is -0.141. The molecule has 0 radical (unpaired) electrons. The number of H-pyrrole nitrogens is 2. The highest BCUT2D eigenvalue weighted by Gasteiger charge is 2.24. The Balaban J connectivity index is 1.44. The van der Waals surface area contributed by atoms with Gasteiger partial charge in [0.15, 0.2) is 0 Å². The molecule has 12 nitrogen and oxygen atoms in total. The number of para-hydroxylation sites is 1. The Morgan fingerprint density at radius 3 is 2.56 bits per heavy atom. The van der Waals surface area contributed by atoms with Gasteiger partial charge in [-0.05, 0) is 25.0 Å². The van der Waals surface area contributed by atoms with Crippen LogP contribution in [0.4, 0.5) is 0 Å². The third-order valence-corrected chi connectivity index (χ3v) is 5.24. The van der Waals surface area contributed by atoms with Crippen LogP contribution in [0.5, 0.6) is 0 Å². The van der Waals surface area contributed by atoms with Gasteiger partial charge in [0.2, 0.25) is 17.7 Å². The van der Waals surface area contributed by atoms with Crippen LogP contribution in [0.2, 0.25) is 0 Å². The monoisotopic (exact) mass is 469 g/mol. The molecule has 34 heavy (non-hydrogen) atoms. The Labute approximate surface area is 194 Å². The molecule has 12 heteroatoms. The highest BCUT2D eigenvalue weighted by atomic mass is 16.4. The first kappa shape index (κ1) is 24.5. The maximum atomic E-state index is 12.5. The normalized spacial score (nSPS) is 13.6. The molecule has 0 spiro atoms. The lowest BCUT2D eigenvalue weighted by Gasteiger charge is -2.18. The average Bonchev–Trinajstić information content (AvgIpc) is 3.47. The van der Waals surface area contributed by atoms with E-state index in [2.05, 4.69) is 30.9 Å². The Kier molecular flexibility index (Phi) is 7.98. The number of carbonyl (C=O) groups excluding carboxylic acids is 3. The number of carbonyl (C=O) groups is 4. The molecule has 0 aliphatic rings. The maximum absolute atomic E-state index is 12.5. The topological polar surface area (TPSA) is 195 Å². The van der Waals surface area contributed by atoms with Gasteiger partial charge in [-0.1, -0.05) is 18.2 Å². The number of aromatic amines is 2. The van der Waals surface area contributed by atoms with Crippen LogP contribution < -0.4 is 21.7 Å². The van der Waals surface area contributed by atoms with Gasteiger partial charge >= 0.3 is 5.97 Å². The lowest BCUT2D eigenvalue weighted by Crippen LogP contribution is -2.52. The molecule has 3 atom stereocenters. The summed E-state index contributed by atoms with van der Waals surface area (Å²) in [6.45, 7) is 1.01. The molecule has 2 heterocycles. The minimum atomic E-state index is -1.22. The van der Waals surface area contributed by atoms with E-state index >= 15 is 0 Å². The van der Waals surface area contributed by atoms with Crippen molar-refractivity contribution in [1.82, 2.24) is 30.9 Å². The van der Waals surface area contributed by atoms with E-state index in [0.29, 0.717) is 5.69 Å². The van der Waals surface area contributed by atoms with Gasteiger partial charge in [-0.25, -0.2) is 9.78 Å². The Hall–Kier alpha value is -4.19. The van der Waals surface area contributed by atoms with Gasteiger partial charge in [-0.2, -0.15) is 0 Å². The molecule has 8 N–H and O–H groups in total. The van der Waals surface area contributed by atoms with Crippen LogP contribution in [0.1, 0.15) is 18.2 Å². The average molecular weight is 470 g/mol. The van der Waals surface area contributed by atoms with Crippen molar-refractivity contribution >= 4 is 34.6 Å². The lowest BCUT2D eigenvalue weighted by atomic mass is 10.0. The zero-order valence-corrected chi connectivity index (χ0v) is 18.5. The van der Waals surface area contributed by atoms with Crippen LogP contribution in [0.15, 0.2) is 43.0 Å². The van der Waals surface area contributed by atoms with Crippen molar-refractivity contribution in [2.75, 3.05) is 6.54 Å². The molecule has 3 unspecified atom stereocenters. The zero-order valence-electron chi connectivity index (χ0n) is 18.5. The number of hydrogen-bond donors (Lipinski definition) is 7. The molecule has 3 aromatic rings. The number of imidazole rings is 1. The number of carboxylic acids is 1. The predicted octanol–water partition coefficient (Wildman–Crippen LogP) is -0.806. The Morgan fingerprint density at radius 1 is 1.09 bits per heavy atom. The van der Waals surface area contributed by atoms with Gasteiger partial charge < -0.3 is 36.8 Å². The number of fused-ring (bicyclic) bond motifs is 1. The predicted molar refractivity (Wildman–Crippen MR) is 122 cm³/mol. The van der Waals surface area contributed by atoms with Gasteiger partial charge in [0.05, 0.1) is 18.9 Å². The van der Waals surface area contributed by atoms with Crippen molar-refractivity contribution in [2.45, 2.75) is 37.9 Å². The molecule has 180 valence electrons. The van der Waals surface area contributed by atoms with Crippen LogP contribution in [0, 0.1) is 0 Å². The fourth-order valence-corrected chi connectivity index (χ4v) is 3.40.